The van der Waals surface area contributed by atoms with E-state index < -0.39 is 18.1 Å². The van der Waals surface area contributed by atoms with Crippen molar-refractivity contribution in [3.63, 3.8) is 0 Å². The van der Waals surface area contributed by atoms with E-state index in [0.717, 1.165) is 24.0 Å². The molecule has 164 valence electrons. The van der Waals surface area contributed by atoms with Crippen molar-refractivity contribution in [3.8, 4) is 0 Å². The summed E-state index contributed by atoms with van der Waals surface area (Å²) in [6.07, 6.45) is 2.71. The number of benzene rings is 2. The summed E-state index contributed by atoms with van der Waals surface area (Å²) in [5.74, 6) is -1.33. The van der Waals surface area contributed by atoms with Crippen molar-refractivity contribution in [1.82, 2.24) is 0 Å². The minimum atomic E-state index is -0.959. The van der Waals surface area contributed by atoms with Crippen LogP contribution in [0, 0.1) is 0 Å². The lowest BCUT2D eigenvalue weighted by molar-refractivity contribution is -0.146. The molecule has 0 amide bonds. The topological polar surface area (TPSA) is 168 Å². The highest BCUT2D eigenvalue weighted by Crippen LogP contribution is 2.08. The lowest BCUT2D eigenvalue weighted by Gasteiger charge is -2.11. The summed E-state index contributed by atoms with van der Waals surface area (Å²) < 4.78 is 5.12. The van der Waals surface area contributed by atoms with Crippen molar-refractivity contribution in [1.29, 1.82) is 0 Å². The normalized spacial score (nSPS) is 12.2. The third kappa shape index (κ3) is 10.6. The van der Waals surface area contributed by atoms with Crippen LogP contribution in [-0.2, 0) is 27.4 Å². The highest BCUT2D eigenvalue weighted by atomic mass is 16.5. The first-order valence-electron chi connectivity index (χ1n) is 9.82. The van der Waals surface area contributed by atoms with Crippen molar-refractivity contribution in [2.45, 2.75) is 44.4 Å². The quantitative estimate of drug-likeness (QED) is 0.220. The van der Waals surface area contributed by atoms with Crippen LogP contribution in [0.5, 0.6) is 0 Å². The first kappa shape index (κ1) is 25.1. The first-order chi connectivity index (χ1) is 14.3. The van der Waals surface area contributed by atoms with Crippen LogP contribution in [0.15, 0.2) is 54.6 Å². The molecule has 30 heavy (non-hydrogen) atoms. The second-order valence-corrected chi connectivity index (χ2v) is 6.87. The van der Waals surface area contributed by atoms with Gasteiger partial charge in [0.15, 0.2) is 0 Å². The average molecular weight is 417 g/mol. The molecule has 0 saturated carbocycles. The van der Waals surface area contributed by atoms with Gasteiger partial charge in [-0.1, -0.05) is 48.9 Å². The number of unbranched alkanes of at least 4 members (excludes halogenated alkanes) is 1. The molecule has 0 heterocycles. The maximum Gasteiger partial charge on any atom is 0.323 e. The molecule has 0 radical (unpaired) electrons. The number of ether oxygens (including phenoxy) is 1. The van der Waals surface area contributed by atoms with Gasteiger partial charge in [0.2, 0.25) is 0 Å². The van der Waals surface area contributed by atoms with E-state index in [0.29, 0.717) is 25.1 Å². The Bertz CT molecular complexity index is 753. The average Bonchev–Trinajstić information content (AvgIpc) is 2.74. The fourth-order valence-corrected chi connectivity index (χ4v) is 2.46. The molecule has 2 rings (SSSR count). The monoisotopic (exact) mass is 416 g/mol. The Balaban J connectivity index is 0.000000325. The number of carbonyl (C=O) groups is 2. The van der Waals surface area contributed by atoms with Crippen LogP contribution in [0.3, 0.4) is 0 Å². The van der Waals surface area contributed by atoms with Crippen LogP contribution in [0.4, 0.5) is 5.69 Å². The maximum absolute atomic E-state index is 11.6. The predicted molar refractivity (Wildman–Crippen MR) is 117 cm³/mol. The number of aliphatic carboxylic acids is 1. The Hall–Kier alpha value is -2.94. The second-order valence-electron chi connectivity index (χ2n) is 6.87. The zero-order chi connectivity index (χ0) is 22.4. The molecular formula is C22H32N4O4. The van der Waals surface area contributed by atoms with Crippen LogP contribution in [0.2, 0.25) is 0 Å². The fourth-order valence-electron chi connectivity index (χ4n) is 2.46. The molecule has 2 atom stereocenters. The zero-order valence-electron chi connectivity index (χ0n) is 17.1. The second kappa shape index (κ2) is 14.1. The van der Waals surface area contributed by atoms with Gasteiger partial charge >= 0.3 is 11.9 Å². The molecule has 0 aromatic heterocycles. The van der Waals surface area contributed by atoms with Gasteiger partial charge in [-0.3, -0.25) is 9.59 Å². The Morgan fingerprint density at radius 3 is 2.10 bits per heavy atom. The molecule has 2 aromatic carbocycles. The molecule has 0 aliphatic carbocycles. The van der Waals surface area contributed by atoms with Gasteiger partial charge in [0.05, 0.1) is 0 Å². The van der Waals surface area contributed by atoms with E-state index in [1.165, 1.54) is 0 Å². The molecule has 0 saturated heterocycles. The van der Waals surface area contributed by atoms with Gasteiger partial charge in [-0.25, -0.2) is 0 Å². The first-order valence-corrected chi connectivity index (χ1v) is 9.82. The minimum absolute atomic E-state index is 0.226. The Labute approximate surface area is 177 Å². The highest BCUT2D eigenvalue weighted by molar-refractivity contribution is 5.75. The summed E-state index contributed by atoms with van der Waals surface area (Å²) in [5.41, 5.74) is 24.5. The number of esters is 1. The molecule has 0 spiro atoms. The lowest BCUT2D eigenvalue weighted by Crippen LogP contribution is -2.32. The third-order valence-corrected chi connectivity index (χ3v) is 4.25. The van der Waals surface area contributed by atoms with E-state index in [9.17, 15) is 9.59 Å². The van der Waals surface area contributed by atoms with Gasteiger partial charge in [0.1, 0.15) is 18.7 Å². The Morgan fingerprint density at radius 2 is 1.53 bits per heavy atom. The van der Waals surface area contributed by atoms with E-state index in [1.807, 2.05) is 42.5 Å². The van der Waals surface area contributed by atoms with Gasteiger partial charge in [0.25, 0.3) is 0 Å². The minimum Gasteiger partial charge on any atom is -0.480 e. The number of anilines is 1. The number of hydrogen-bond acceptors (Lipinski definition) is 7. The summed E-state index contributed by atoms with van der Waals surface area (Å²) in [5, 5.41) is 8.52. The number of carboxylic acids is 1. The highest BCUT2D eigenvalue weighted by Gasteiger charge is 2.14. The largest absolute Gasteiger partial charge is 0.480 e. The van der Waals surface area contributed by atoms with Crippen molar-refractivity contribution in [2.24, 2.45) is 17.2 Å². The van der Waals surface area contributed by atoms with Gasteiger partial charge in [-0.2, -0.15) is 0 Å². The summed E-state index contributed by atoms with van der Waals surface area (Å²) in [6.45, 7) is 0.844. The third-order valence-electron chi connectivity index (χ3n) is 4.25. The molecule has 8 nitrogen and oxygen atoms in total. The van der Waals surface area contributed by atoms with E-state index in [4.69, 9.17) is 32.8 Å². The number of nitrogen functional groups attached to an aromatic ring is 1. The van der Waals surface area contributed by atoms with Crippen LogP contribution in [-0.4, -0.2) is 35.7 Å². The van der Waals surface area contributed by atoms with Crippen molar-refractivity contribution >= 4 is 17.6 Å². The molecular weight excluding hydrogens is 384 g/mol. The van der Waals surface area contributed by atoms with Crippen LogP contribution < -0.4 is 22.9 Å². The zero-order valence-corrected chi connectivity index (χ0v) is 17.1. The molecule has 9 N–H and O–H groups in total. The predicted octanol–water partition coefficient (Wildman–Crippen LogP) is 1.41. The lowest BCUT2D eigenvalue weighted by atomic mass is 10.1. The fraction of sp³-hybridized carbons (Fsp3) is 0.364. The molecule has 0 fully saturated rings. The van der Waals surface area contributed by atoms with Crippen LogP contribution >= 0.6 is 0 Å². The molecule has 0 aliphatic heterocycles. The number of hydrogen-bond donors (Lipinski definition) is 5. The summed E-state index contributed by atoms with van der Waals surface area (Å²) in [6, 6.07) is 15.2. The van der Waals surface area contributed by atoms with Gasteiger partial charge in [-0.15, -0.1) is 0 Å². The van der Waals surface area contributed by atoms with Gasteiger partial charge < -0.3 is 32.8 Å². The number of nitrogens with two attached hydrogens (primary N) is 4. The number of rotatable bonds is 10. The molecule has 2 aromatic rings. The number of carboxylic acid groups (broad SMARTS) is 1. The molecule has 0 aliphatic rings. The maximum atomic E-state index is 11.6. The Kier molecular flexibility index (Phi) is 11.8. The summed E-state index contributed by atoms with van der Waals surface area (Å²) in [7, 11) is 0. The van der Waals surface area contributed by atoms with Crippen molar-refractivity contribution in [2.75, 3.05) is 12.3 Å². The van der Waals surface area contributed by atoms with E-state index in [2.05, 4.69) is 0 Å². The van der Waals surface area contributed by atoms with Crippen molar-refractivity contribution < 1.29 is 19.4 Å². The SMILES string of the molecule is NC(Cc1ccccc1)C(=O)O.NCCCCC(N)C(=O)OCc1ccc(N)cc1. The van der Waals surface area contributed by atoms with E-state index in [-0.39, 0.29) is 12.6 Å². The molecule has 2 unspecified atom stereocenters. The van der Waals surface area contributed by atoms with Crippen molar-refractivity contribution in [3.05, 3.63) is 65.7 Å². The Morgan fingerprint density at radius 1 is 0.900 bits per heavy atom. The van der Waals surface area contributed by atoms with E-state index >= 15 is 0 Å². The number of carbonyl (C=O) groups excluding carboxylic acids is 1. The van der Waals surface area contributed by atoms with Gasteiger partial charge in [0, 0.05) is 5.69 Å². The smallest absolute Gasteiger partial charge is 0.323 e. The van der Waals surface area contributed by atoms with Crippen LogP contribution in [0.25, 0.3) is 0 Å². The van der Waals surface area contributed by atoms with Crippen LogP contribution in [0.1, 0.15) is 30.4 Å². The standard InChI is InChI=1S/C13H21N3O2.C9H11NO2/c14-8-2-1-3-12(16)13(17)18-9-10-4-6-11(15)7-5-10;10-8(9(11)12)6-7-4-2-1-3-5-7/h4-7,12H,1-3,8-9,14-16H2;1-5,8H,6,10H2,(H,11,12). The summed E-state index contributed by atoms with van der Waals surface area (Å²) >= 11 is 0. The molecule has 0 bridgehead atoms. The van der Waals surface area contributed by atoms with Gasteiger partial charge in [-0.05, 0) is 49.1 Å². The summed E-state index contributed by atoms with van der Waals surface area (Å²) in [4.78, 5) is 22.0. The van der Waals surface area contributed by atoms with E-state index in [1.54, 1.807) is 12.1 Å². The molecule has 8 heteroatoms.